The molecule has 1 aromatic heterocycles. The quantitative estimate of drug-likeness (QED) is 0.688. The number of hydrogen-bond acceptors (Lipinski definition) is 2. The second kappa shape index (κ2) is 2.66. The molecule has 1 saturated carbocycles. The van der Waals surface area contributed by atoms with Gasteiger partial charge in [-0.1, -0.05) is 6.07 Å². The molecule has 1 aliphatic carbocycles. The van der Waals surface area contributed by atoms with Gasteiger partial charge in [-0.25, -0.2) is 0 Å². The molecular weight excluding hydrogens is 162 g/mol. The first-order valence-corrected chi connectivity index (χ1v) is 4.59. The lowest BCUT2D eigenvalue weighted by Crippen LogP contribution is -2.18. The van der Waals surface area contributed by atoms with Crippen molar-refractivity contribution in [3.8, 4) is 0 Å². The molecule has 1 fully saturated rings. The first kappa shape index (κ1) is 8.42. The molecule has 2 rings (SSSR count). The van der Waals surface area contributed by atoms with E-state index < -0.39 is 0 Å². The summed E-state index contributed by atoms with van der Waals surface area (Å²) in [5.74, 6) is 0.254. The van der Waals surface area contributed by atoms with Gasteiger partial charge in [-0.05, 0) is 38.3 Å². The summed E-state index contributed by atoms with van der Waals surface area (Å²) in [4.78, 5) is 15.7. The molecule has 2 heteroatoms. The van der Waals surface area contributed by atoms with Gasteiger partial charge < -0.3 is 0 Å². The van der Waals surface area contributed by atoms with Crippen LogP contribution < -0.4 is 0 Å². The van der Waals surface area contributed by atoms with E-state index >= 15 is 0 Å². The largest absolute Gasteiger partial charge is 0.299 e. The van der Waals surface area contributed by atoms with Crippen LogP contribution in [0.4, 0.5) is 0 Å². The van der Waals surface area contributed by atoms with E-state index in [4.69, 9.17) is 0 Å². The highest BCUT2D eigenvalue weighted by atomic mass is 16.1. The minimum absolute atomic E-state index is 0.215. The van der Waals surface area contributed by atoms with Crippen LogP contribution in [-0.2, 0) is 10.2 Å². The molecule has 0 spiro atoms. The van der Waals surface area contributed by atoms with Crippen LogP contribution in [0.1, 0.15) is 31.0 Å². The van der Waals surface area contributed by atoms with Gasteiger partial charge in [0.2, 0.25) is 0 Å². The lowest BCUT2D eigenvalue weighted by atomic mass is 9.97. The number of aromatic nitrogens is 1. The van der Waals surface area contributed by atoms with Gasteiger partial charge in [0, 0.05) is 6.20 Å². The Morgan fingerprint density at radius 1 is 1.46 bits per heavy atom. The van der Waals surface area contributed by atoms with Gasteiger partial charge in [-0.2, -0.15) is 0 Å². The molecule has 0 aliphatic heterocycles. The fourth-order valence-electron chi connectivity index (χ4n) is 1.66. The van der Waals surface area contributed by atoms with E-state index in [1.54, 1.807) is 6.92 Å². The minimum atomic E-state index is -0.215. The second-order valence-corrected chi connectivity index (χ2v) is 3.86. The van der Waals surface area contributed by atoms with Crippen molar-refractivity contribution in [2.24, 2.45) is 0 Å². The molecule has 13 heavy (non-hydrogen) atoms. The molecule has 1 heterocycles. The summed E-state index contributed by atoms with van der Waals surface area (Å²) >= 11 is 0. The predicted octanol–water partition coefficient (Wildman–Crippen LogP) is 2.01. The van der Waals surface area contributed by atoms with Gasteiger partial charge in [-0.3, -0.25) is 9.78 Å². The SMILES string of the molecule is CC(=O)C1(c2ccc(C)cn2)CC1. The Labute approximate surface area is 78.0 Å². The van der Waals surface area contributed by atoms with E-state index in [9.17, 15) is 4.79 Å². The lowest BCUT2D eigenvalue weighted by molar-refractivity contribution is -0.119. The van der Waals surface area contributed by atoms with Crippen LogP contribution in [0.2, 0.25) is 0 Å². The first-order valence-electron chi connectivity index (χ1n) is 4.59. The molecular formula is C11H13NO. The van der Waals surface area contributed by atoms with Crippen molar-refractivity contribution in [2.45, 2.75) is 32.1 Å². The summed E-state index contributed by atoms with van der Waals surface area (Å²) in [5, 5.41) is 0. The lowest BCUT2D eigenvalue weighted by Gasteiger charge is -2.09. The van der Waals surface area contributed by atoms with E-state index in [-0.39, 0.29) is 11.2 Å². The van der Waals surface area contributed by atoms with Crippen molar-refractivity contribution in [3.05, 3.63) is 29.6 Å². The van der Waals surface area contributed by atoms with Crippen LogP contribution in [0.5, 0.6) is 0 Å². The van der Waals surface area contributed by atoms with Crippen LogP contribution in [0.25, 0.3) is 0 Å². The van der Waals surface area contributed by atoms with E-state index in [1.807, 2.05) is 25.3 Å². The van der Waals surface area contributed by atoms with Gasteiger partial charge in [0.05, 0.1) is 11.1 Å². The van der Waals surface area contributed by atoms with E-state index in [0.717, 1.165) is 24.1 Å². The number of rotatable bonds is 2. The zero-order chi connectivity index (χ0) is 9.47. The smallest absolute Gasteiger partial charge is 0.141 e. The molecule has 0 atom stereocenters. The number of carbonyl (C=O) groups excluding carboxylic acids is 1. The molecule has 0 bridgehead atoms. The maximum absolute atomic E-state index is 11.4. The van der Waals surface area contributed by atoms with Crippen molar-refractivity contribution in [1.29, 1.82) is 0 Å². The van der Waals surface area contributed by atoms with Gasteiger partial charge in [0.25, 0.3) is 0 Å². The highest BCUT2D eigenvalue weighted by Gasteiger charge is 2.49. The molecule has 0 saturated heterocycles. The van der Waals surface area contributed by atoms with Crippen LogP contribution in [0, 0.1) is 6.92 Å². The third-order valence-corrected chi connectivity index (χ3v) is 2.83. The number of carbonyl (C=O) groups is 1. The summed E-state index contributed by atoms with van der Waals surface area (Å²) in [6.07, 6.45) is 3.77. The monoisotopic (exact) mass is 175 g/mol. The number of Topliss-reactive ketones (excluding diaryl/α,β-unsaturated/α-hetero) is 1. The van der Waals surface area contributed by atoms with Crippen LogP contribution in [0.3, 0.4) is 0 Å². The standard InChI is InChI=1S/C11H13NO/c1-8-3-4-10(12-7-8)11(5-6-11)9(2)13/h3-4,7H,5-6H2,1-2H3. The fraction of sp³-hybridized carbons (Fsp3) is 0.455. The molecule has 0 radical (unpaired) electrons. The Kier molecular flexibility index (Phi) is 1.72. The van der Waals surface area contributed by atoms with Crippen molar-refractivity contribution >= 4 is 5.78 Å². The van der Waals surface area contributed by atoms with Crippen LogP contribution in [0.15, 0.2) is 18.3 Å². The molecule has 0 amide bonds. The third kappa shape index (κ3) is 1.26. The Morgan fingerprint density at radius 2 is 2.15 bits per heavy atom. The number of pyridine rings is 1. The van der Waals surface area contributed by atoms with Crippen molar-refractivity contribution in [3.63, 3.8) is 0 Å². The third-order valence-electron chi connectivity index (χ3n) is 2.83. The molecule has 2 nitrogen and oxygen atoms in total. The van der Waals surface area contributed by atoms with E-state index in [0.29, 0.717) is 0 Å². The number of ketones is 1. The highest BCUT2D eigenvalue weighted by Crippen LogP contribution is 2.47. The van der Waals surface area contributed by atoms with Gasteiger partial charge >= 0.3 is 0 Å². The Hall–Kier alpha value is -1.18. The average molecular weight is 175 g/mol. The summed E-state index contributed by atoms with van der Waals surface area (Å²) in [5.41, 5.74) is 1.88. The maximum Gasteiger partial charge on any atom is 0.141 e. The Bertz CT molecular complexity index is 336. The van der Waals surface area contributed by atoms with Crippen molar-refractivity contribution < 1.29 is 4.79 Å². The predicted molar refractivity (Wildman–Crippen MR) is 50.6 cm³/mol. The van der Waals surface area contributed by atoms with Crippen molar-refractivity contribution in [1.82, 2.24) is 4.98 Å². The maximum atomic E-state index is 11.4. The topological polar surface area (TPSA) is 30.0 Å². The molecule has 1 aliphatic rings. The second-order valence-electron chi connectivity index (χ2n) is 3.86. The van der Waals surface area contributed by atoms with Crippen molar-refractivity contribution in [2.75, 3.05) is 0 Å². The Balaban J connectivity index is 2.36. The zero-order valence-electron chi connectivity index (χ0n) is 8.00. The van der Waals surface area contributed by atoms with Crippen LogP contribution in [-0.4, -0.2) is 10.8 Å². The molecule has 68 valence electrons. The zero-order valence-corrected chi connectivity index (χ0v) is 8.00. The summed E-state index contributed by atoms with van der Waals surface area (Å²) in [6.45, 7) is 3.67. The number of nitrogens with zero attached hydrogens (tertiary/aromatic N) is 1. The average Bonchev–Trinajstić information content (AvgIpc) is 2.86. The Morgan fingerprint density at radius 3 is 2.54 bits per heavy atom. The summed E-state index contributed by atoms with van der Waals surface area (Å²) in [6, 6.07) is 4.00. The summed E-state index contributed by atoms with van der Waals surface area (Å²) in [7, 11) is 0. The van der Waals surface area contributed by atoms with Crippen LogP contribution >= 0.6 is 0 Å². The molecule has 0 N–H and O–H groups in total. The minimum Gasteiger partial charge on any atom is -0.299 e. The van der Waals surface area contributed by atoms with Gasteiger partial charge in [0.1, 0.15) is 5.78 Å². The van der Waals surface area contributed by atoms with Gasteiger partial charge in [0.15, 0.2) is 0 Å². The number of hydrogen-bond donors (Lipinski definition) is 0. The fourth-order valence-corrected chi connectivity index (χ4v) is 1.66. The number of aryl methyl sites for hydroxylation is 1. The highest BCUT2D eigenvalue weighted by molar-refractivity contribution is 5.90. The normalized spacial score (nSPS) is 18.3. The molecule has 0 unspecified atom stereocenters. The molecule has 1 aromatic rings. The van der Waals surface area contributed by atoms with E-state index in [2.05, 4.69) is 4.98 Å². The van der Waals surface area contributed by atoms with Gasteiger partial charge in [-0.15, -0.1) is 0 Å². The van der Waals surface area contributed by atoms with E-state index in [1.165, 1.54) is 0 Å². The first-order chi connectivity index (χ1) is 6.15. The molecule has 0 aromatic carbocycles. The summed E-state index contributed by atoms with van der Waals surface area (Å²) < 4.78 is 0.